The summed E-state index contributed by atoms with van der Waals surface area (Å²) in [4.78, 5) is 21.9. The van der Waals surface area contributed by atoms with Crippen LogP contribution in [0.25, 0.3) is 64.8 Å². The lowest BCUT2D eigenvalue weighted by Crippen LogP contribution is -2.33. The third kappa shape index (κ3) is 4.78. The van der Waals surface area contributed by atoms with Crippen molar-refractivity contribution in [2.45, 2.75) is 5.41 Å². The normalized spacial score (nSPS) is 15.3. The maximum atomic E-state index is 7.12. The number of thiophene rings is 1. The van der Waals surface area contributed by atoms with E-state index in [2.05, 4.69) is 137 Å². The lowest BCUT2D eigenvalue weighted by Gasteiger charge is -2.41. The average Bonchev–Trinajstić information content (AvgIpc) is 3.86. The molecule has 7 nitrogen and oxygen atoms in total. The molecule has 14 rings (SSSR count). The zero-order valence-electron chi connectivity index (χ0n) is 33.4. The number of anilines is 3. The Kier molecular flexibility index (Phi) is 7.07. The highest BCUT2D eigenvalue weighted by Crippen LogP contribution is 2.66. The van der Waals surface area contributed by atoms with Crippen molar-refractivity contribution in [1.82, 2.24) is 19.9 Å². The fourth-order valence-electron chi connectivity index (χ4n) is 10.3. The first-order valence-corrected chi connectivity index (χ1v) is 21.7. The van der Waals surface area contributed by atoms with E-state index in [0.717, 1.165) is 95.5 Å². The van der Waals surface area contributed by atoms with Crippen LogP contribution >= 0.6 is 11.3 Å². The summed E-state index contributed by atoms with van der Waals surface area (Å²) in [5.74, 6) is 2.83. The van der Waals surface area contributed by atoms with Gasteiger partial charge in [0.05, 0.1) is 39.2 Å². The number of nitrogens with zero attached hydrogens (tertiary/aromatic N) is 5. The van der Waals surface area contributed by atoms with Crippen molar-refractivity contribution in [2.75, 3.05) is 4.90 Å². The first-order chi connectivity index (χ1) is 31.2. The van der Waals surface area contributed by atoms with Gasteiger partial charge in [0, 0.05) is 78.5 Å². The van der Waals surface area contributed by atoms with Crippen LogP contribution < -0.4 is 14.4 Å². The maximum absolute atomic E-state index is 7.12. The van der Waals surface area contributed by atoms with E-state index >= 15 is 0 Å². The van der Waals surface area contributed by atoms with E-state index in [1.54, 1.807) is 12.4 Å². The van der Waals surface area contributed by atoms with Crippen molar-refractivity contribution in [1.29, 1.82) is 0 Å². The molecule has 6 heterocycles. The lowest BCUT2D eigenvalue weighted by atomic mass is 9.66. The van der Waals surface area contributed by atoms with Gasteiger partial charge in [-0.05, 0) is 89.5 Å². The Labute approximate surface area is 365 Å². The van der Waals surface area contributed by atoms with Gasteiger partial charge < -0.3 is 14.4 Å². The number of rotatable bonds is 3. The van der Waals surface area contributed by atoms with E-state index in [9.17, 15) is 0 Å². The Morgan fingerprint density at radius 1 is 0.460 bits per heavy atom. The van der Waals surface area contributed by atoms with E-state index in [0.29, 0.717) is 11.5 Å². The SMILES string of the molecule is c1cc(-c2cnc3c(c2)C2(c4ccccc4Oc4c2ccc2c4Oc4ccccc4N2c2ccc4sc5ccccc5c4c2)c2cccnc2-3)cc(-c2cccc3nccnc23)c1. The van der Waals surface area contributed by atoms with E-state index in [4.69, 9.17) is 24.4 Å². The quantitative estimate of drug-likeness (QED) is 0.176. The topological polar surface area (TPSA) is 73.3 Å². The highest BCUT2D eigenvalue weighted by molar-refractivity contribution is 7.25. The molecule has 0 saturated carbocycles. The summed E-state index contributed by atoms with van der Waals surface area (Å²) in [5.41, 5.74) is 13.7. The number of aromatic nitrogens is 4. The molecule has 0 fully saturated rings. The molecule has 1 spiro atoms. The molecule has 0 radical (unpaired) electrons. The fraction of sp³-hybridized carbons (Fsp3) is 0.0182. The Hall–Kier alpha value is -8.20. The molecular formula is C55H31N5O2S. The van der Waals surface area contributed by atoms with Crippen LogP contribution in [0.15, 0.2) is 189 Å². The number of ether oxygens (including phenoxy) is 2. The van der Waals surface area contributed by atoms with Crippen molar-refractivity contribution < 1.29 is 9.47 Å². The van der Waals surface area contributed by atoms with Crippen LogP contribution in [0.5, 0.6) is 23.0 Å². The third-order valence-corrected chi connectivity index (χ3v) is 14.1. The lowest BCUT2D eigenvalue weighted by molar-refractivity contribution is 0.391. The van der Waals surface area contributed by atoms with Crippen LogP contribution in [-0.4, -0.2) is 19.9 Å². The van der Waals surface area contributed by atoms with E-state index in [1.807, 2.05) is 60.1 Å². The molecule has 11 aromatic rings. The van der Waals surface area contributed by atoms with Crippen LogP contribution in [0, 0.1) is 0 Å². The first kappa shape index (κ1) is 34.5. The Balaban J connectivity index is 0.995. The summed E-state index contributed by atoms with van der Waals surface area (Å²) in [6.45, 7) is 0. The van der Waals surface area contributed by atoms with Crippen molar-refractivity contribution >= 4 is 59.6 Å². The second-order valence-corrected chi connectivity index (χ2v) is 17.2. The summed E-state index contributed by atoms with van der Waals surface area (Å²) < 4.78 is 16.7. The molecule has 0 saturated heterocycles. The Morgan fingerprint density at radius 3 is 2.24 bits per heavy atom. The zero-order valence-corrected chi connectivity index (χ0v) is 34.2. The molecule has 63 heavy (non-hydrogen) atoms. The number of benzene rings is 7. The summed E-state index contributed by atoms with van der Waals surface area (Å²) >= 11 is 1.82. The fourth-order valence-corrected chi connectivity index (χ4v) is 11.3. The predicted molar refractivity (Wildman–Crippen MR) is 251 cm³/mol. The van der Waals surface area contributed by atoms with Gasteiger partial charge in [-0.15, -0.1) is 11.3 Å². The van der Waals surface area contributed by atoms with Crippen molar-refractivity contribution in [2.24, 2.45) is 0 Å². The van der Waals surface area contributed by atoms with E-state index < -0.39 is 5.41 Å². The van der Waals surface area contributed by atoms with Crippen molar-refractivity contribution in [3.8, 4) is 56.6 Å². The highest BCUT2D eigenvalue weighted by atomic mass is 32.1. The van der Waals surface area contributed by atoms with Crippen LogP contribution in [0.4, 0.5) is 17.1 Å². The van der Waals surface area contributed by atoms with Gasteiger partial charge in [0.25, 0.3) is 0 Å². The molecule has 294 valence electrons. The molecule has 1 atom stereocenters. The molecule has 7 aromatic carbocycles. The van der Waals surface area contributed by atoms with Gasteiger partial charge in [-0.25, -0.2) is 0 Å². The van der Waals surface area contributed by atoms with E-state index in [1.165, 1.54) is 20.2 Å². The standard InChI is InChI=1S/C55H31N5O2S/c1-6-20-48-37(12-1)38-30-35(21-24-49(38)63-48)60-44-17-3-5-19-47(44)62-54-45(60)23-22-41-53(54)61-46-18-4-2-14-39(46)55(41)40-15-9-25-57-51(40)52-42(55)29-34(31-59-52)32-10-7-11-33(28-32)36-13-8-16-43-50(36)58-27-26-56-43/h1-31H. The molecule has 3 aliphatic rings. The van der Waals surface area contributed by atoms with Crippen molar-refractivity contribution in [3.05, 3.63) is 211 Å². The minimum Gasteiger partial charge on any atom is -0.453 e. The molecule has 4 aromatic heterocycles. The van der Waals surface area contributed by atoms with Crippen LogP contribution in [-0.2, 0) is 5.41 Å². The maximum Gasteiger partial charge on any atom is 0.194 e. The number of para-hydroxylation sites is 4. The summed E-state index contributed by atoms with van der Waals surface area (Å²) in [5, 5.41) is 2.48. The van der Waals surface area contributed by atoms with Crippen LogP contribution in [0.3, 0.4) is 0 Å². The summed E-state index contributed by atoms with van der Waals surface area (Å²) in [7, 11) is 0. The average molecular weight is 826 g/mol. The van der Waals surface area contributed by atoms with Gasteiger partial charge in [-0.2, -0.15) is 0 Å². The molecular weight excluding hydrogens is 795 g/mol. The molecule has 1 aliphatic carbocycles. The smallest absolute Gasteiger partial charge is 0.194 e. The largest absolute Gasteiger partial charge is 0.453 e. The highest BCUT2D eigenvalue weighted by Gasteiger charge is 2.54. The number of hydrogen-bond donors (Lipinski definition) is 0. The van der Waals surface area contributed by atoms with Gasteiger partial charge in [0.15, 0.2) is 17.2 Å². The van der Waals surface area contributed by atoms with Crippen molar-refractivity contribution in [3.63, 3.8) is 0 Å². The van der Waals surface area contributed by atoms with Gasteiger partial charge in [0.1, 0.15) is 5.75 Å². The zero-order chi connectivity index (χ0) is 41.2. The molecule has 0 N–H and O–H groups in total. The van der Waals surface area contributed by atoms with E-state index in [-0.39, 0.29) is 0 Å². The van der Waals surface area contributed by atoms with Crippen LogP contribution in [0.2, 0.25) is 0 Å². The molecule has 2 aliphatic heterocycles. The van der Waals surface area contributed by atoms with Gasteiger partial charge >= 0.3 is 0 Å². The number of pyridine rings is 2. The second-order valence-electron chi connectivity index (χ2n) is 16.2. The Morgan fingerprint density at radius 2 is 1.25 bits per heavy atom. The molecule has 8 heteroatoms. The predicted octanol–water partition coefficient (Wildman–Crippen LogP) is 14.2. The molecule has 0 bridgehead atoms. The molecule has 1 unspecified atom stereocenters. The Bertz CT molecular complexity index is 3740. The van der Waals surface area contributed by atoms with Gasteiger partial charge in [-0.1, -0.05) is 91.0 Å². The third-order valence-electron chi connectivity index (χ3n) is 12.9. The first-order valence-electron chi connectivity index (χ1n) is 20.9. The molecule has 0 amide bonds. The van der Waals surface area contributed by atoms with Crippen LogP contribution in [0.1, 0.15) is 22.3 Å². The monoisotopic (exact) mass is 825 g/mol. The van der Waals surface area contributed by atoms with Gasteiger partial charge in [0.2, 0.25) is 0 Å². The number of hydrogen-bond acceptors (Lipinski definition) is 8. The summed E-state index contributed by atoms with van der Waals surface area (Å²) in [6.07, 6.45) is 7.32. The number of fused-ring (bicyclic) bond motifs is 16. The van der Waals surface area contributed by atoms with Gasteiger partial charge in [-0.3, -0.25) is 19.9 Å². The second kappa shape index (κ2) is 12.9. The minimum atomic E-state index is -0.830. The minimum absolute atomic E-state index is 0.657. The summed E-state index contributed by atoms with van der Waals surface area (Å²) in [6, 6.07) is 57.7.